The minimum atomic E-state index is -1.03. The van der Waals surface area contributed by atoms with Gasteiger partial charge in [-0.2, -0.15) is 0 Å². The second kappa shape index (κ2) is 7.10. The highest BCUT2D eigenvalue weighted by molar-refractivity contribution is 5.95. The zero-order valence-corrected chi connectivity index (χ0v) is 14.8. The van der Waals surface area contributed by atoms with Crippen LogP contribution in [0.3, 0.4) is 0 Å². The SMILES string of the molecule is O=C(NC1CC1)c1ccc(CN(C(=O)c2ccc(F)c(F)c2)C2CC2)cc1. The van der Waals surface area contributed by atoms with Crippen molar-refractivity contribution in [3.05, 3.63) is 70.8 Å². The Kier molecular flexibility index (Phi) is 4.64. The Labute approximate surface area is 156 Å². The molecule has 27 heavy (non-hydrogen) atoms. The summed E-state index contributed by atoms with van der Waals surface area (Å²) in [4.78, 5) is 26.5. The topological polar surface area (TPSA) is 49.4 Å². The van der Waals surface area contributed by atoms with Crippen LogP contribution in [0.25, 0.3) is 0 Å². The number of hydrogen-bond acceptors (Lipinski definition) is 2. The molecule has 2 aromatic rings. The maximum absolute atomic E-state index is 13.5. The lowest BCUT2D eigenvalue weighted by Crippen LogP contribution is -2.32. The average molecular weight is 370 g/mol. The number of amides is 2. The van der Waals surface area contributed by atoms with E-state index in [1.54, 1.807) is 17.0 Å². The highest BCUT2D eigenvalue weighted by Crippen LogP contribution is 2.30. The van der Waals surface area contributed by atoms with Gasteiger partial charge in [0.1, 0.15) is 0 Å². The summed E-state index contributed by atoms with van der Waals surface area (Å²) in [5, 5.41) is 2.94. The highest BCUT2D eigenvalue weighted by atomic mass is 19.2. The summed E-state index contributed by atoms with van der Waals surface area (Å²) in [6.07, 6.45) is 3.87. The van der Waals surface area contributed by atoms with Gasteiger partial charge in [0, 0.05) is 29.8 Å². The summed E-state index contributed by atoms with van der Waals surface area (Å²) in [7, 11) is 0. The number of halogens is 2. The molecule has 4 nitrogen and oxygen atoms in total. The van der Waals surface area contributed by atoms with Crippen LogP contribution in [0.15, 0.2) is 42.5 Å². The van der Waals surface area contributed by atoms with Gasteiger partial charge in [-0.15, -0.1) is 0 Å². The maximum atomic E-state index is 13.5. The molecule has 0 radical (unpaired) electrons. The van der Waals surface area contributed by atoms with E-state index >= 15 is 0 Å². The molecule has 0 aliphatic heterocycles. The van der Waals surface area contributed by atoms with E-state index in [0.29, 0.717) is 18.2 Å². The summed E-state index contributed by atoms with van der Waals surface area (Å²) < 4.78 is 26.6. The molecular formula is C21H20F2N2O2. The smallest absolute Gasteiger partial charge is 0.254 e. The van der Waals surface area contributed by atoms with E-state index in [-0.39, 0.29) is 23.4 Å². The Morgan fingerprint density at radius 2 is 1.59 bits per heavy atom. The number of nitrogens with zero attached hydrogens (tertiary/aromatic N) is 1. The van der Waals surface area contributed by atoms with Gasteiger partial charge in [-0.1, -0.05) is 12.1 Å². The molecule has 0 atom stereocenters. The molecule has 1 N–H and O–H groups in total. The van der Waals surface area contributed by atoms with Crippen LogP contribution in [0, 0.1) is 11.6 Å². The van der Waals surface area contributed by atoms with Crippen molar-refractivity contribution < 1.29 is 18.4 Å². The second-order valence-corrected chi connectivity index (χ2v) is 7.24. The van der Waals surface area contributed by atoms with Gasteiger partial charge in [-0.25, -0.2) is 8.78 Å². The fourth-order valence-corrected chi connectivity index (χ4v) is 3.00. The van der Waals surface area contributed by atoms with Crippen LogP contribution in [0.4, 0.5) is 8.78 Å². The maximum Gasteiger partial charge on any atom is 0.254 e. The lowest BCUT2D eigenvalue weighted by atomic mass is 10.1. The van der Waals surface area contributed by atoms with Gasteiger partial charge in [-0.3, -0.25) is 9.59 Å². The monoisotopic (exact) mass is 370 g/mol. The molecule has 2 aromatic carbocycles. The van der Waals surface area contributed by atoms with Crippen LogP contribution in [0.2, 0.25) is 0 Å². The van der Waals surface area contributed by atoms with E-state index in [1.807, 2.05) is 12.1 Å². The van der Waals surface area contributed by atoms with Gasteiger partial charge in [0.25, 0.3) is 11.8 Å². The zero-order valence-electron chi connectivity index (χ0n) is 14.8. The molecule has 0 aromatic heterocycles. The number of carbonyl (C=O) groups excluding carboxylic acids is 2. The number of rotatable bonds is 6. The molecule has 4 rings (SSSR count). The van der Waals surface area contributed by atoms with Gasteiger partial charge in [0.05, 0.1) is 0 Å². The molecule has 0 spiro atoms. The molecule has 0 bridgehead atoms. The van der Waals surface area contributed by atoms with Gasteiger partial charge in [-0.05, 0) is 61.6 Å². The molecule has 6 heteroatoms. The predicted molar refractivity (Wildman–Crippen MR) is 96.2 cm³/mol. The van der Waals surface area contributed by atoms with Crippen molar-refractivity contribution in [3.63, 3.8) is 0 Å². The molecule has 140 valence electrons. The lowest BCUT2D eigenvalue weighted by molar-refractivity contribution is 0.0729. The van der Waals surface area contributed by atoms with Crippen LogP contribution in [-0.2, 0) is 6.54 Å². The Morgan fingerprint density at radius 3 is 2.19 bits per heavy atom. The summed E-state index contributed by atoms with van der Waals surface area (Å²) in [6.45, 7) is 0.368. The molecule has 0 heterocycles. The third-order valence-corrected chi connectivity index (χ3v) is 4.90. The first-order valence-electron chi connectivity index (χ1n) is 9.17. The lowest BCUT2D eigenvalue weighted by Gasteiger charge is -2.23. The first-order valence-corrected chi connectivity index (χ1v) is 9.17. The fourth-order valence-electron chi connectivity index (χ4n) is 3.00. The van der Waals surface area contributed by atoms with Crippen molar-refractivity contribution >= 4 is 11.8 Å². The number of benzene rings is 2. The third kappa shape index (κ3) is 4.15. The third-order valence-electron chi connectivity index (χ3n) is 4.90. The van der Waals surface area contributed by atoms with Crippen molar-refractivity contribution in [3.8, 4) is 0 Å². The molecule has 2 aliphatic carbocycles. The Bertz CT molecular complexity index is 874. The minimum absolute atomic E-state index is 0.0824. The molecular weight excluding hydrogens is 350 g/mol. The Balaban J connectivity index is 1.47. The van der Waals surface area contributed by atoms with Crippen molar-refractivity contribution in [2.24, 2.45) is 0 Å². The second-order valence-electron chi connectivity index (χ2n) is 7.24. The van der Waals surface area contributed by atoms with E-state index in [2.05, 4.69) is 5.32 Å². The van der Waals surface area contributed by atoms with Crippen molar-refractivity contribution in [2.75, 3.05) is 0 Å². The zero-order chi connectivity index (χ0) is 19.0. The van der Waals surface area contributed by atoms with E-state index in [0.717, 1.165) is 43.4 Å². The van der Waals surface area contributed by atoms with E-state index < -0.39 is 11.6 Å². The average Bonchev–Trinajstić information content (AvgIpc) is 3.56. The summed E-state index contributed by atoms with van der Waals surface area (Å²) in [5.74, 6) is -2.39. The number of carbonyl (C=O) groups is 2. The molecule has 2 aliphatic rings. The van der Waals surface area contributed by atoms with Crippen LogP contribution in [-0.4, -0.2) is 28.8 Å². The highest BCUT2D eigenvalue weighted by Gasteiger charge is 2.33. The van der Waals surface area contributed by atoms with Crippen LogP contribution >= 0.6 is 0 Å². The van der Waals surface area contributed by atoms with E-state index in [4.69, 9.17) is 0 Å². The van der Waals surface area contributed by atoms with Crippen LogP contribution < -0.4 is 5.32 Å². The molecule has 0 unspecified atom stereocenters. The van der Waals surface area contributed by atoms with Crippen molar-refractivity contribution in [1.29, 1.82) is 0 Å². The minimum Gasteiger partial charge on any atom is -0.349 e. The standard InChI is InChI=1S/C21H20F2N2O2/c22-18-10-5-15(11-19(18)23)21(27)25(17-8-9-17)12-13-1-3-14(4-2-13)20(26)24-16-6-7-16/h1-5,10-11,16-17H,6-9,12H2,(H,24,26). The van der Waals surface area contributed by atoms with Gasteiger partial charge >= 0.3 is 0 Å². The molecule has 2 amide bonds. The summed E-state index contributed by atoms with van der Waals surface area (Å²) in [6, 6.07) is 10.8. The summed E-state index contributed by atoms with van der Waals surface area (Å²) >= 11 is 0. The number of nitrogens with one attached hydrogen (secondary N) is 1. The Hall–Kier alpha value is -2.76. The van der Waals surface area contributed by atoms with Crippen LogP contribution in [0.1, 0.15) is 52.0 Å². The molecule has 2 saturated carbocycles. The van der Waals surface area contributed by atoms with Crippen molar-refractivity contribution in [1.82, 2.24) is 10.2 Å². The van der Waals surface area contributed by atoms with Gasteiger partial charge < -0.3 is 10.2 Å². The normalized spacial score (nSPS) is 16.1. The molecule has 2 fully saturated rings. The van der Waals surface area contributed by atoms with Gasteiger partial charge in [0.2, 0.25) is 0 Å². The van der Waals surface area contributed by atoms with E-state index in [1.165, 1.54) is 6.07 Å². The predicted octanol–water partition coefficient (Wildman–Crippen LogP) is 3.66. The molecule has 0 saturated heterocycles. The van der Waals surface area contributed by atoms with E-state index in [9.17, 15) is 18.4 Å². The summed E-state index contributed by atoms with van der Waals surface area (Å²) in [5.41, 5.74) is 1.62. The first-order chi connectivity index (χ1) is 13.0. The van der Waals surface area contributed by atoms with Crippen molar-refractivity contribution in [2.45, 2.75) is 44.3 Å². The number of hydrogen-bond donors (Lipinski definition) is 1. The van der Waals surface area contributed by atoms with Gasteiger partial charge in [0.15, 0.2) is 11.6 Å². The Morgan fingerprint density at radius 1 is 0.926 bits per heavy atom. The first kappa shape index (κ1) is 17.6. The largest absolute Gasteiger partial charge is 0.349 e. The van der Waals surface area contributed by atoms with Crippen LogP contribution in [0.5, 0.6) is 0 Å². The quantitative estimate of drug-likeness (QED) is 0.844. The fraction of sp³-hybridized carbons (Fsp3) is 0.333.